The van der Waals surface area contributed by atoms with Crippen molar-refractivity contribution in [2.24, 2.45) is 0 Å². The zero-order chi connectivity index (χ0) is 17.9. The molecule has 7 nitrogen and oxygen atoms in total. The first-order valence-electron chi connectivity index (χ1n) is 7.12. The summed E-state index contributed by atoms with van der Waals surface area (Å²) < 4.78 is 35.4. The zero-order valence-electron chi connectivity index (χ0n) is 13.4. The lowest BCUT2D eigenvalue weighted by atomic mass is 10.0. The van der Waals surface area contributed by atoms with Gasteiger partial charge in [0.15, 0.2) is 0 Å². The fourth-order valence-corrected chi connectivity index (χ4v) is 3.27. The van der Waals surface area contributed by atoms with E-state index in [1.54, 1.807) is 24.3 Å². The van der Waals surface area contributed by atoms with Crippen LogP contribution in [0.4, 0.5) is 5.69 Å². The van der Waals surface area contributed by atoms with E-state index in [4.69, 9.17) is 8.92 Å². The van der Waals surface area contributed by atoms with Crippen molar-refractivity contribution in [3.63, 3.8) is 0 Å². The van der Waals surface area contributed by atoms with Crippen molar-refractivity contribution in [2.75, 3.05) is 7.11 Å². The minimum atomic E-state index is -4.20. The lowest BCUT2D eigenvalue weighted by Crippen LogP contribution is -2.12. The summed E-state index contributed by atoms with van der Waals surface area (Å²) >= 11 is 0. The van der Waals surface area contributed by atoms with Crippen LogP contribution in [0.15, 0.2) is 47.4 Å². The highest BCUT2D eigenvalue weighted by Crippen LogP contribution is 2.33. The average molecular weight is 351 g/mol. The van der Waals surface area contributed by atoms with Gasteiger partial charge in [-0.25, -0.2) is 0 Å². The largest absolute Gasteiger partial charge is 0.495 e. The quantitative estimate of drug-likeness (QED) is 0.449. The van der Waals surface area contributed by atoms with Gasteiger partial charge in [-0.15, -0.1) is 0 Å². The number of hydrogen-bond donors (Lipinski definition) is 0. The summed E-state index contributed by atoms with van der Waals surface area (Å²) in [6.07, 6.45) is 0. The fourth-order valence-electron chi connectivity index (χ4n) is 2.17. The molecule has 0 amide bonds. The number of rotatable bonds is 6. The van der Waals surface area contributed by atoms with Gasteiger partial charge in [0.1, 0.15) is 16.4 Å². The first-order chi connectivity index (χ1) is 11.3. The maximum absolute atomic E-state index is 12.6. The molecule has 2 rings (SSSR count). The first-order valence-corrected chi connectivity index (χ1v) is 8.53. The summed E-state index contributed by atoms with van der Waals surface area (Å²) in [4.78, 5) is 9.91. The molecule has 8 heteroatoms. The molecule has 0 heterocycles. The summed E-state index contributed by atoms with van der Waals surface area (Å²) in [5.74, 6) is 0.134. The number of hydrogen-bond acceptors (Lipinski definition) is 6. The maximum atomic E-state index is 12.6. The van der Waals surface area contributed by atoms with Gasteiger partial charge >= 0.3 is 10.1 Å². The van der Waals surface area contributed by atoms with Gasteiger partial charge in [-0.2, -0.15) is 8.42 Å². The van der Waals surface area contributed by atoms with Gasteiger partial charge in [-0.1, -0.05) is 32.0 Å². The number of nitro groups is 1. The Morgan fingerprint density at radius 2 is 1.75 bits per heavy atom. The molecule has 0 aliphatic heterocycles. The zero-order valence-corrected chi connectivity index (χ0v) is 14.2. The fraction of sp³-hybridized carbons (Fsp3) is 0.250. The summed E-state index contributed by atoms with van der Waals surface area (Å²) in [6, 6.07) is 10.0. The second-order valence-electron chi connectivity index (χ2n) is 5.32. The van der Waals surface area contributed by atoms with Crippen molar-refractivity contribution < 1.29 is 22.3 Å². The van der Waals surface area contributed by atoms with Gasteiger partial charge in [0.25, 0.3) is 5.69 Å². The standard InChI is InChI=1S/C16H17NO6S/c1-11(2)13-6-4-5-7-14(13)23-24(20,21)16-9-8-12(17(18)19)10-15(16)22-3/h4-11H,1-3H3. The molecule has 2 aromatic carbocycles. The number of non-ortho nitro benzene ring substituents is 1. The normalized spacial score (nSPS) is 11.3. The van der Waals surface area contributed by atoms with Crippen LogP contribution in [-0.2, 0) is 10.1 Å². The minimum Gasteiger partial charge on any atom is -0.495 e. The van der Waals surface area contributed by atoms with Crippen molar-refractivity contribution >= 4 is 15.8 Å². The molecule has 128 valence electrons. The highest BCUT2D eigenvalue weighted by Gasteiger charge is 2.25. The highest BCUT2D eigenvalue weighted by atomic mass is 32.2. The number of nitro benzene ring substituents is 1. The SMILES string of the molecule is COc1cc([N+](=O)[O-])ccc1S(=O)(=O)Oc1ccccc1C(C)C. The number of benzene rings is 2. The van der Waals surface area contributed by atoms with E-state index in [0.717, 1.165) is 23.8 Å². The summed E-state index contributed by atoms with van der Waals surface area (Å²) in [7, 11) is -2.97. The van der Waals surface area contributed by atoms with E-state index in [0.29, 0.717) is 0 Å². The molecule has 0 aromatic heterocycles. The van der Waals surface area contributed by atoms with E-state index >= 15 is 0 Å². The van der Waals surface area contributed by atoms with Gasteiger partial charge in [0.2, 0.25) is 0 Å². The number of nitrogens with zero attached hydrogens (tertiary/aromatic N) is 1. The van der Waals surface area contributed by atoms with Crippen molar-refractivity contribution in [3.05, 3.63) is 58.1 Å². The molecule has 0 saturated carbocycles. The molecule has 0 bridgehead atoms. The van der Waals surface area contributed by atoms with E-state index in [9.17, 15) is 18.5 Å². The molecule has 24 heavy (non-hydrogen) atoms. The molecular formula is C16H17NO6S. The Balaban J connectivity index is 2.47. The Hall–Kier alpha value is -2.61. The Morgan fingerprint density at radius 1 is 1.08 bits per heavy atom. The third-order valence-corrected chi connectivity index (χ3v) is 4.64. The molecular weight excluding hydrogens is 334 g/mol. The van der Waals surface area contributed by atoms with Crippen LogP contribution in [0.1, 0.15) is 25.3 Å². The Kier molecular flexibility index (Phi) is 5.08. The molecule has 0 radical (unpaired) electrons. The van der Waals surface area contributed by atoms with E-state index in [2.05, 4.69) is 0 Å². The van der Waals surface area contributed by atoms with Crippen molar-refractivity contribution in [1.82, 2.24) is 0 Å². The Labute approximate surface area is 140 Å². The summed E-state index contributed by atoms with van der Waals surface area (Å²) in [5.41, 5.74) is 0.468. The van der Waals surface area contributed by atoms with Crippen LogP contribution >= 0.6 is 0 Å². The van der Waals surface area contributed by atoms with Crippen LogP contribution in [0.5, 0.6) is 11.5 Å². The number of methoxy groups -OCH3 is 1. The van der Waals surface area contributed by atoms with Gasteiger partial charge < -0.3 is 8.92 Å². The number of ether oxygens (including phenoxy) is 1. The Morgan fingerprint density at radius 3 is 2.33 bits per heavy atom. The van der Waals surface area contributed by atoms with E-state index < -0.39 is 15.0 Å². The average Bonchev–Trinajstić information content (AvgIpc) is 2.54. The second-order valence-corrected chi connectivity index (χ2v) is 6.84. The predicted octanol–water partition coefficient (Wildman–Crippen LogP) is 3.49. The lowest BCUT2D eigenvalue weighted by Gasteiger charge is -2.14. The van der Waals surface area contributed by atoms with E-state index in [-0.39, 0.29) is 28.0 Å². The second kappa shape index (κ2) is 6.88. The van der Waals surface area contributed by atoms with Crippen LogP contribution in [-0.4, -0.2) is 20.5 Å². The molecule has 0 unspecified atom stereocenters. The van der Waals surface area contributed by atoms with Crippen LogP contribution in [0, 0.1) is 10.1 Å². The molecule has 0 atom stereocenters. The van der Waals surface area contributed by atoms with Gasteiger partial charge in [0, 0.05) is 6.07 Å². The highest BCUT2D eigenvalue weighted by molar-refractivity contribution is 7.87. The van der Waals surface area contributed by atoms with Crippen molar-refractivity contribution in [1.29, 1.82) is 0 Å². The van der Waals surface area contributed by atoms with Crippen LogP contribution in [0.25, 0.3) is 0 Å². The number of para-hydroxylation sites is 1. The van der Waals surface area contributed by atoms with Crippen molar-refractivity contribution in [3.8, 4) is 11.5 Å². The first kappa shape index (κ1) is 17.7. The minimum absolute atomic E-state index is 0.0650. The topological polar surface area (TPSA) is 95.7 Å². The molecule has 2 aromatic rings. The molecule has 0 spiro atoms. The van der Waals surface area contributed by atoms with Crippen LogP contribution in [0.3, 0.4) is 0 Å². The van der Waals surface area contributed by atoms with Crippen LogP contribution < -0.4 is 8.92 Å². The van der Waals surface area contributed by atoms with E-state index in [1.807, 2.05) is 13.8 Å². The monoisotopic (exact) mass is 351 g/mol. The smallest absolute Gasteiger partial charge is 0.342 e. The third-order valence-electron chi connectivity index (χ3n) is 3.37. The lowest BCUT2D eigenvalue weighted by molar-refractivity contribution is -0.385. The predicted molar refractivity (Wildman–Crippen MR) is 88.0 cm³/mol. The van der Waals surface area contributed by atoms with Gasteiger partial charge in [0.05, 0.1) is 18.1 Å². The van der Waals surface area contributed by atoms with Crippen molar-refractivity contribution in [2.45, 2.75) is 24.7 Å². The van der Waals surface area contributed by atoms with Gasteiger partial charge in [-0.3, -0.25) is 10.1 Å². The molecule has 0 saturated heterocycles. The van der Waals surface area contributed by atoms with E-state index in [1.165, 1.54) is 7.11 Å². The summed E-state index contributed by atoms with van der Waals surface area (Å²) in [5, 5.41) is 10.8. The molecule has 0 fully saturated rings. The van der Waals surface area contributed by atoms with Gasteiger partial charge in [-0.05, 0) is 23.6 Å². The van der Waals surface area contributed by atoms with Crippen LogP contribution in [0.2, 0.25) is 0 Å². The summed E-state index contributed by atoms with van der Waals surface area (Å²) in [6.45, 7) is 3.84. The molecule has 0 aliphatic carbocycles. The molecule has 0 N–H and O–H groups in total. The third kappa shape index (κ3) is 3.65. The maximum Gasteiger partial charge on any atom is 0.342 e. The Bertz CT molecular complexity index is 861. The molecule has 0 aliphatic rings.